The Morgan fingerprint density at radius 3 is 1.65 bits per heavy atom. The molecule has 0 aliphatic heterocycles. The van der Waals surface area contributed by atoms with Gasteiger partial charge >= 0.3 is 11.9 Å². The first kappa shape index (κ1) is 9.41. The predicted octanol–water partition coefficient (Wildman–Crippen LogP) is 1.24. The Morgan fingerprint density at radius 2 is 1.35 bits per heavy atom. The number of hydrogen-bond acceptors (Lipinski definition) is 5. The highest BCUT2D eigenvalue weighted by Crippen LogP contribution is 1.93. The van der Waals surface area contributed by atoms with Gasteiger partial charge in [-0.15, -0.1) is 0 Å². The van der Waals surface area contributed by atoms with E-state index in [1.807, 2.05) is 0 Å². The van der Waals surface area contributed by atoms with E-state index in [0.717, 1.165) is 0 Å². The van der Waals surface area contributed by atoms with Crippen molar-refractivity contribution in [3.05, 3.63) is 24.3 Å². The smallest absolute Gasteiger partial charge is 0.333 e. The first-order valence-electron chi connectivity index (χ1n) is 6.72. The molecule has 0 aliphatic carbocycles. The molecule has 0 bridgehead atoms. The third-order valence-electron chi connectivity index (χ3n) is 1.35. The number of ether oxygens (including phenoxy) is 3. The summed E-state index contributed by atoms with van der Waals surface area (Å²) >= 11 is 0. The van der Waals surface area contributed by atoms with E-state index in [2.05, 4.69) is 22.6 Å². The van der Waals surface area contributed by atoms with E-state index in [1.165, 1.54) is 13.8 Å². The minimum absolute atomic E-state index is 0.0181. The SMILES string of the molecule is [2H]C([2H])(COCC([2H])([2H])OC(=O)C(=C)C)OC(=O)C(=C)C. The standard InChI is InChI=1S/C12H18O5/c1-9(2)11(13)16-7-5-15-6-8-17-12(14)10(3)4/h1,3,5-8H2,2,4H3/i7D2,8D2. The van der Waals surface area contributed by atoms with Gasteiger partial charge in [-0.1, -0.05) is 13.2 Å². The molecule has 0 aromatic heterocycles. The molecule has 0 amide bonds. The zero-order valence-electron chi connectivity index (χ0n) is 13.9. The van der Waals surface area contributed by atoms with Crippen LogP contribution in [0.3, 0.4) is 0 Å². The Balaban J connectivity index is 4.34. The quantitative estimate of drug-likeness (QED) is 0.476. The highest BCUT2D eigenvalue weighted by atomic mass is 16.6. The van der Waals surface area contributed by atoms with Crippen LogP contribution in [0.15, 0.2) is 24.3 Å². The molecule has 0 N–H and O–H groups in total. The lowest BCUT2D eigenvalue weighted by Gasteiger charge is -2.06. The fraction of sp³-hybridized carbons (Fsp3) is 0.500. The predicted molar refractivity (Wildman–Crippen MR) is 62.4 cm³/mol. The highest BCUT2D eigenvalue weighted by Gasteiger charge is 2.03. The molecule has 17 heavy (non-hydrogen) atoms. The number of carbonyl (C=O) groups excluding carboxylic acids is 2. The van der Waals surface area contributed by atoms with Crippen LogP contribution in [0.5, 0.6) is 0 Å². The molecule has 0 unspecified atom stereocenters. The Bertz CT molecular complexity index is 405. The van der Waals surface area contributed by atoms with Gasteiger partial charge in [-0.2, -0.15) is 0 Å². The summed E-state index contributed by atoms with van der Waals surface area (Å²) in [6.07, 6.45) is 0. The second kappa shape index (κ2) is 8.52. The van der Waals surface area contributed by atoms with Crippen LogP contribution in [0.2, 0.25) is 0 Å². The van der Waals surface area contributed by atoms with Crippen LogP contribution in [0.1, 0.15) is 19.3 Å². The van der Waals surface area contributed by atoms with Crippen LogP contribution in [0.4, 0.5) is 0 Å². The van der Waals surface area contributed by atoms with Gasteiger partial charge in [0, 0.05) is 11.1 Å². The van der Waals surface area contributed by atoms with E-state index in [4.69, 9.17) is 10.2 Å². The van der Waals surface area contributed by atoms with E-state index in [9.17, 15) is 9.59 Å². The van der Waals surface area contributed by atoms with Crippen molar-refractivity contribution in [2.75, 3.05) is 26.3 Å². The van der Waals surface area contributed by atoms with Crippen LogP contribution < -0.4 is 0 Å². The molecule has 0 spiro atoms. The average Bonchev–Trinajstić information content (AvgIpc) is 2.26. The van der Waals surface area contributed by atoms with Crippen molar-refractivity contribution in [2.24, 2.45) is 0 Å². The molecule has 0 heterocycles. The number of esters is 2. The molecule has 0 fully saturated rings. The van der Waals surface area contributed by atoms with Crippen LogP contribution in [-0.4, -0.2) is 38.3 Å². The van der Waals surface area contributed by atoms with Gasteiger partial charge in [-0.05, 0) is 13.8 Å². The summed E-state index contributed by atoms with van der Waals surface area (Å²) in [4.78, 5) is 22.3. The molecule has 96 valence electrons. The van der Waals surface area contributed by atoms with Gasteiger partial charge in [0.15, 0.2) is 0 Å². The molecular weight excluding hydrogens is 224 g/mol. The van der Waals surface area contributed by atoms with Crippen LogP contribution in [-0.2, 0) is 23.8 Å². The normalized spacial score (nSPS) is 14.7. The third-order valence-corrected chi connectivity index (χ3v) is 1.35. The van der Waals surface area contributed by atoms with Crippen molar-refractivity contribution in [3.8, 4) is 0 Å². The van der Waals surface area contributed by atoms with Crippen LogP contribution >= 0.6 is 0 Å². The van der Waals surface area contributed by atoms with Gasteiger partial charge < -0.3 is 14.2 Å². The molecule has 0 atom stereocenters. The van der Waals surface area contributed by atoms with E-state index >= 15 is 0 Å². The Hall–Kier alpha value is -1.62. The summed E-state index contributed by atoms with van der Waals surface area (Å²) < 4.78 is 43.2. The van der Waals surface area contributed by atoms with Gasteiger partial charge in [0.25, 0.3) is 0 Å². The summed E-state index contributed by atoms with van der Waals surface area (Å²) in [6.45, 7) is 2.95. The molecule has 0 saturated heterocycles. The van der Waals surface area contributed by atoms with Crippen molar-refractivity contribution in [3.63, 3.8) is 0 Å². The van der Waals surface area contributed by atoms with Gasteiger partial charge in [-0.25, -0.2) is 9.59 Å². The lowest BCUT2D eigenvalue weighted by atomic mass is 10.4. The topological polar surface area (TPSA) is 61.8 Å². The van der Waals surface area contributed by atoms with Gasteiger partial charge in [-0.3, -0.25) is 0 Å². The lowest BCUT2D eigenvalue weighted by molar-refractivity contribution is -0.141. The maximum atomic E-state index is 11.2. The monoisotopic (exact) mass is 246 g/mol. The van der Waals surface area contributed by atoms with Crippen molar-refractivity contribution < 1.29 is 29.3 Å². The zero-order chi connectivity index (χ0) is 16.8. The second-order valence-electron chi connectivity index (χ2n) is 3.12. The molecule has 0 saturated carbocycles. The minimum Gasteiger partial charge on any atom is -0.460 e. The number of hydrogen-bond donors (Lipinski definition) is 0. The molecule has 0 aromatic rings. The zero-order valence-corrected chi connectivity index (χ0v) is 9.87. The first-order chi connectivity index (χ1) is 9.36. The molecular formula is C12H18O5. The van der Waals surface area contributed by atoms with E-state index in [0.29, 0.717) is 0 Å². The molecule has 0 aliphatic rings. The maximum Gasteiger partial charge on any atom is 0.333 e. The number of rotatable bonds is 8. The summed E-state index contributed by atoms with van der Waals surface area (Å²) in [5, 5.41) is 0. The lowest BCUT2D eigenvalue weighted by Crippen LogP contribution is -2.14. The molecule has 0 aromatic carbocycles. The fourth-order valence-electron chi connectivity index (χ4n) is 0.499. The Kier molecular flexibility index (Phi) is 4.72. The Labute approximate surface area is 107 Å². The summed E-state index contributed by atoms with van der Waals surface area (Å²) in [5.41, 5.74) is 0.0363. The first-order valence-corrected chi connectivity index (χ1v) is 4.72. The minimum atomic E-state index is -2.45. The highest BCUT2D eigenvalue weighted by molar-refractivity contribution is 5.87. The maximum absolute atomic E-state index is 11.2. The Morgan fingerprint density at radius 1 is 1.00 bits per heavy atom. The third kappa shape index (κ3) is 8.21. The second-order valence-corrected chi connectivity index (χ2v) is 3.12. The summed E-state index contributed by atoms with van der Waals surface area (Å²) in [5.74, 6) is -1.86. The van der Waals surface area contributed by atoms with E-state index in [-0.39, 0.29) is 11.1 Å². The average molecular weight is 246 g/mol. The number of carbonyl (C=O) groups is 2. The molecule has 0 rings (SSSR count). The summed E-state index contributed by atoms with van der Waals surface area (Å²) in [6, 6.07) is 0. The van der Waals surface area contributed by atoms with Crippen molar-refractivity contribution in [1.82, 2.24) is 0 Å². The van der Waals surface area contributed by atoms with Crippen molar-refractivity contribution in [1.29, 1.82) is 0 Å². The van der Waals surface area contributed by atoms with Crippen LogP contribution in [0.25, 0.3) is 0 Å². The molecule has 5 nitrogen and oxygen atoms in total. The fourth-order valence-corrected chi connectivity index (χ4v) is 0.499. The van der Waals surface area contributed by atoms with Crippen LogP contribution in [0, 0.1) is 0 Å². The van der Waals surface area contributed by atoms with Crippen molar-refractivity contribution in [2.45, 2.75) is 13.8 Å². The van der Waals surface area contributed by atoms with Gasteiger partial charge in [0.1, 0.15) is 13.1 Å². The van der Waals surface area contributed by atoms with Gasteiger partial charge in [0.05, 0.1) is 18.7 Å². The summed E-state index contributed by atoms with van der Waals surface area (Å²) in [7, 11) is 0. The van der Waals surface area contributed by atoms with Crippen molar-refractivity contribution >= 4 is 11.9 Å². The van der Waals surface area contributed by atoms with E-state index < -0.39 is 38.3 Å². The largest absolute Gasteiger partial charge is 0.460 e. The van der Waals surface area contributed by atoms with E-state index in [1.54, 1.807) is 0 Å². The molecule has 5 heteroatoms. The van der Waals surface area contributed by atoms with Gasteiger partial charge in [0.2, 0.25) is 0 Å². The molecule has 0 radical (unpaired) electrons.